The van der Waals surface area contributed by atoms with Crippen LogP contribution in [0.2, 0.25) is 0 Å². The Hall–Kier alpha value is -1.45. The number of methoxy groups -OCH3 is 1. The minimum Gasteiger partial charge on any atom is -0.496 e. The predicted octanol–water partition coefficient (Wildman–Crippen LogP) is 3.97. The highest BCUT2D eigenvalue weighted by Gasteiger charge is 2.11. The van der Waals surface area contributed by atoms with E-state index in [0.717, 1.165) is 23.3 Å². The van der Waals surface area contributed by atoms with Crippen molar-refractivity contribution in [3.05, 3.63) is 59.2 Å². The first-order chi connectivity index (χ1) is 9.63. The number of hydrogen-bond donors (Lipinski definition) is 1. The average Bonchev–Trinajstić information content (AvgIpc) is 2.47. The van der Waals surface area contributed by atoms with Gasteiger partial charge >= 0.3 is 0 Å². The molecule has 0 aliphatic carbocycles. The van der Waals surface area contributed by atoms with E-state index < -0.39 is 0 Å². The number of rotatable bonds is 5. The summed E-state index contributed by atoms with van der Waals surface area (Å²) in [5, 5.41) is 0. The van der Waals surface area contributed by atoms with Crippen LogP contribution in [0.1, 0.15) is 22.7 Å². The lowest BCUT2D eigenvalue weighted by Crippen LogP contribution is -2.14. The standard InChI is InChI=1S/C17H21NOS/c1-12-4-9-17(19-2)14(10-12)11-16(18)13-5-7-15(20-3)8-6-13/h4-10,16H,11,18H2,1-3H3. The number of ether oxygens (including phenoxy) is 1. The number of nitrogens with two attached hydrogens (primary N) is 1. The Morgan fingerprint density at radius 2 is 1.85 bits per heavy atom. The summed E-state index contributed by atoms with van der Waals surface area (Å²) < 4.78 is 5.41. The zero-order valence-corrected chi connectivity index (χ0v) is 13.0. The van der Waals surface area contributed by atoms with Gasteiger partial charge in [0.05, 0.1) is 7.11 Å². The molecule has 1 atom stereocenters. The van der Waals surface area contributed by atoms with E-state index in [9.17, 15) is 0 Å². The molecule has 3 heteroatoms. The second-order valence-corrected chi connectivity index (χ2v) is 5.78. The molecule has 106 valence electrons. The molecule has 2 N–H and O–H groups in total. The number of aryl methyl sites for hydroxylation is 1. The van der Waals surface area contributed by atoms with Crippen LogP contribution in [0, 0.1) is 6.92 Å². The molecule has 0 heterocycles. The summed E-state index contributed by atoms with van der Waals surface area (Å²) in [7, 11) is 1.70. The molecule has 2 aromatic carbocycles. The Kier molecular flexibility index (Phi) is 5.10. The van der Waals surface area contributed by atoms with Crippen LogP contribution >= 0.6 is 11.8 Å². The molecule has 0 aromatic heterocycles. The van der Waals surface area contributed by atoms with Gasteiger partial charge in [0.2, 0.25) is 0 Å². The molecule has 0 radical (unpaired) electrons. The normalized spacial score (nSPS) is 12.2. The molecule has 2 rings (SSSR count). The summed E-state index contributed by atoms with van der Waals surface area (Å²) in [6.07, 6.45) is 2.86. The van der Waals surface area contributed by atoms with Crippen molar-refractivity contribution in [3.8, 4) is 5.75 Å². The molecule has 0 fully saturated rings. The van der Waals surface area contributed by atoms with Crippen LogP contribution in [0.15, 0.2) is 47.4 Å². The number of hydrogen-bond acceptors (Lipinski definition) is 3. The van der Waals surface area contributed by atoms with E-state index in [2.05, 4.69) is 49.6 Å². The topological polar surface area (TPSA) is 35.2 Å². The highest BCUT2D eigenvalue weighted by Crippen LogP contribution is 2.26. The minimum absolute atomic E-state index is 0.0124. The molecular formula is C17H21NOS. The maximum absolute atomic E-state index is 6.33. The third kappa shape index (κ3) is 3.56. The van der Waals surface area contributed by atoms with Gasteiger partial charge in [-0.3, -0.25) is 0 Å². The quantitative estimate of drug-likeness (QED) is 0.845. The third-order valence-corrected chi connectivity index (χ3v) is 4.16. The number of thioether (sulfide) groups is 1. The van der Waals surface area contributed by atoms with Crippen LogP contribution in [0.25, 0.3) is 0 Å². The summed E-state index contributed by atoms with van der Waals surface area (Å²) >= 11 is 1.74. The van der Waals surface area contributed by atoms with Gasteiger partial charge in [-0.25, -0.2) is 0 Å². The first kappa shape index (κ1) is 14.9. The Bertz CT molecular complexity index is 566. The molecule has 0 saturated heterocycles. The molecule has 0 saturated carbocycles. The Balaban J connectivity index is 2.17. The third-order valence-electron chi connectivity index (χ3n) is 3.42. The molecule has 2 nitrogen and oxygen atoms in total. The molecule has 0 amide bonds. The minimum atomic E-state index is -0.0124. The fourth-order valence-corrected chi connectivity index (χ4v) is 2.68. The molecular weight excluding hydrogens is 266 g/mol. The van der Waals surface area contributed by atoms with Gasteiger partial charge in [0, 0.05) is 10.9 Å². The molecule has 0 aliphatic rings. The Labute approximate surface area is 125 Å². The van der Waals surface area contributed by atoms with Crippen LogP contribution < -0.4 is 10.5 Å². The summed E-state index contributed by atoms with van der Waals surface area (Å²) in [5.41, 5.74) is 9.88. The lowest BCUT2D eigenvalue weighted by molar-refractivity contribution is 0.408. The molecule has 20 heavy (non-hydrogen) atoms. The van der Waals surface area contributed by atoms with Crippen molar-refractivity contribution in [2.75, 3.05) is 13.4 Å². The van der Waals surface area contributed by atoms with Gasteiger partial charge in [-0.2, -0.15) is 0 Å². The van der Waals surface area contributed by atoms with E-state index in [1.807, 2.05) is 6.07 Å². The fraction of sp³-hybridized carbons (Fsp3) is 0.294. The largest absolute Gasteiger partial charge is 0.496 e. The summed E-state index contributed by atoms with van der Waals surface area (Å²) in [6, 6.07) is 14.7. The van der Waals surface area contributed by atoms with Gasteiger partial charge in [-0.05, 0) is 48.9 Å². The van der Waals surface area contributed by atoms with Crippen molar-refractivity contribution < 1.29 is 4.74 Å². The first-order valence-electron chi connectivity index (χ1n) is 6.67. The highest BCUT2D eigenvalue weighted by molar-refractivity contribution is 7.98. The maximum atomic E-state index is 6.33. The van der Waals surface area contributed by atoms with Crippen molar-refractivity contribution in [2.45, 2.75) is 24.3 Å². The Morgan fingerprint density at radius 1 is 1.15 bits per heavy atom. The van der Waals surface area contributed by atoms with Crippen LogP contribution in [0.5, 0.6) is 5.75 Å². The highest BCUT2D eigenvalue weighted by atomic mass is 32.2. The van der Waals surface area contributed by atoms with Gasteiger partial charge < -0.3 is 10.5 Å². The van der Waals surface area contributed by atoms with E-state index in [0.29, 0.717) is 0 Å². The van der Waals surface area contributed by atoms with E-state index >= 15 is 0 Å². The van der Waals surface area contributed by atoms with Crippen molar-refractivity contribution >= 4 is 11.8 Å². The maximum Gasteiger partial charge on any atom is 0.122 e. The Morgan fingerprint density at radius 3 is 2.45 bits per heavy atom. The zero-order valence-electron chi connectivity index (χ0n) is 12.2. The molecule has 2 aromatic rings. The summed E-state index contributed by atoms with van der Waals surface area (Å²) in [5.74, 6) is 0.909. The van der Waals surface area contributed by atoms with Crippen LogP contribution in [0.4, 0.5) is 0 Å². The van der Waals surface area contributed by atoms with Gasteiger partial charge in [0.25, 0.3) is 0 Å². The van der Waals surface area contributed by atoms with Crippen molar-refractivity contribution in [3.63, 3.8) is 0 Å². The number of benzene rings is 2. The second-order valence-electron chi connectivity index (χ2n) is 4.90. The SMILES string of the molecule is COc1ccc(C)cc1CC(N)c1ccc(SC)cc1. The average molecular weight is 287 g/mol. The van der Waals surface area contributed by atoms with Gasteiger partial charge in [0.15, 0.2) is 0 Å². The van der Waals surface area contributed by atoms with Crippen molar-refractivity contribution in [1.29, 1.82) is 0 Å². The van der Waals surface area contributed by atoms with Crippen molar-refractivity contribution in [1.82, 2.24) is 0 Å². The predicted molar refractivity (Wildman–Crippen MR) is 86.6 cm³/mol. The van der Waals surface area contributed by atoms with Crippen molar-refractivity contribution in [2.24, 2.45) is 5.73 Å². The van der Waals surface area contributed by atoms with E-state index in [4.69, 9.17) is 10.5 Å². The monoisotopic (exact) mass is 287 g/mol. The van der Waals surface area contributed by atoms with Crippen LogP contribution in [-0.4, -0.2) is 13.4 Å². The van der Waals surface area contributed by atoms with Gasteiger partial charge in [-0.15, -0.1) is 11.8 Å². The molecule has 0 aliphatic heterocycles. The van der Waals surface area contributed by atoms with Crippen LogP contribution in [0.3, 0.4) is 0 Å². The van der Waals surface area contributed by atoms with E-state index in [-0.39, 0.29) is 6.04 Å². The molecule has 0 spiro atoms. The first-order valence-corrected chi connectivity index (χ1v) is 7.89. The molecule has 1 unspecified atom stereocenters. The lowest BCUT2D eigenvalue weighted by Gasteiger charge is -2.15. The lowest BCUT2D eigenvalue weighted by atomic mass is 9.98. The zero-order chi connectivity index (χ0) is 14.5. The molecule has 0 bridgehead atoms. The summed E-state index contributed by atoms with van der Waals surface area (Å²) in [6.45, 7) is 2.09. The van der Waals surface area contributed by atoms with Crippen LogP contribution in [-0.2, 0) is 6.42 Å². The van der Waals surface area contributed by atoms with E-state index in [1.54, 1.807) is 18.9 Å². The second kappa shape index (κ2) is 6.82. The fourth-order valence-electron chi connectivity index (χ4n) is 2.27. The summed E-state index contributed by atoms with van der Waals surface area (Å²) in [4.78, 5) is 1.26. The van der Waals surface area contributed by atoms with Gasteiger partial charge in [-0.1, -0.05) is 29.8 Å². The van der Waals surface area contributed by atoms with E-state index in [1.165, 1.54) is 10.5 Å². The smallest absolute Gasteiger partial charge is 0.122 e. The van der Waals surface area contributed by atoms with Gasteiger partial charge in [0.1, 0.15) is 5.75 Å².